The third kappa shape index (κ3) is 3.19. The summed E-state index contributed by atoms with van der Waals surface area (Å²) in [5, 5.41) is 2.85. The van der Waals surface area contributed by atoms with Crippen LogP contribution in [0.15, 0.2) is 30.5 Å². The van der Waals surface area contributed by atoms with Gasteiger partial charge in [0, 0.05) is 13.1 Å². The molecule has 1 aromatic heterocycles. The fourth-order valence-corrected chi connectivity index (χ4v) is 1.87. The molecule has 0 aliphatic carbocycles. The Balaban J connectivity index is 2.03. The summed E-state index contributed by atoms with van der Waals surface area (Å²) in [5.41, 5.74) is 2.47. The highest BCUT2D eigenvalue weighted by atomic mass is 16.2. The van der Waals surface area contributed by atoms with E-state index in [1.54, 1.807) is 11.1 Å². The molecule has 2 aromatic rings. The van der Waals surface area contributed by atoms with Crippen LogP contribution in [0.3, 0.4) is 0 Å². The summed E-state index contributed by atoms with van der Waals surface area (Å²) in [6.45, 7) is 5.71. The van der Waals surface area contributed by atoms with Crippen LogP contribution in [0.5, 0.6) is 0 Å². The van der Waals surface area contributed by atoms with Crippen molar-refractivity contribution in [3.05, 3.63) is 36.2 Å². The number of amides is 2. The third-order valence-electron chi connectivity index (χ3n) is 2.97. The van der Waals surface area contributed by atoms with Gasteiger partial charge < -0.3 is 10.2 Å². The molecule has 0 spiro atoms. The maximum atomic E-state index is 11.8. The van der Waals surface area contributed by atoms with Crippen LogP contribution in [0.4, 0.5) is 4.79 Å². The van der Waals surface area contributed by atoms with E-state index in [1.165, 1.54) is 0 Å². The fraction of sp³-hybridized carbons (Fsp3) is 0.357. The number of rotatable bonds is 4. The van der Waals surface area contributed by atoms with E-state index in [-0.39, 0.29) is 6.03 Å². The molecular weight excluding hydrogens is 240 g/mol. The summed E-state index contributed by atoms with van der Waals surface area (Å²) in [7, 11) is 0. The van der Waals surface area contributed by atoms with Crippen LogP contribution in [0.1, 0.15) is 19.5 Å². The Morgan fingerprint density at radius 2 is 1.89 bits per heavy atom. The number of nitrogens with one attached hydrogen (secondary N) is 1. The van der Waals surface area contributed by atoms with E-state index < -0.39 is 0 Å². The summed E-state index contributed by atoms with van der Waals surface area (Å²) in [5.74, 6) is 0. The standard InChI is InChI=1S/C14H18N4O/c1-3-18(4-2)14(19)16-10-11-9-15-12-7-5-6-8-13(12)17-11/h5-9H,3-4,10H2,1-2H3,(H,16,19). The minimum Gasteiger partial charge on any atom is -0.332 e. The Labute approximate surface area is 112 Å². The minimum absolute atomic E-state index is 0.0695. The van der Waals surface area contributed by atoms with Crippen molar-refractivity contribution in [3.8, 4) is 0 Å². The molecule has 0 saturated carbocycles. The summed E-state index contributed by atoms with van der Waals surface area (Å²) in [4.78, 5) is 22.3. The highest BCUT2D eigenvalue weighted by Gasteiger charge is 2.08. The molecule has 5 heteroatoms. The number of benzene rings is 1. The molecule has 0 atom stereocenters. The second-order valence-corrected chi connectivity index (χ2v) is 4.18. The Bertz CT molecular complexity index is 566. The van der Waals surface area contributed by atoms with Crippen molar-refractivity contribution in [2.45, 2.75) is 20.4 Å². The van der Waals surface area contributed by atoms with E-state index in [1.807, 2.05) is 38.1 Å². The number of para-hydroxylation sites is 2. The molecule has 0 radical (unpaired) electrons. The molecule has 0 aliphatic heterocycles. The number of carbonyl (C=O) groups is 1. The van der Waals surface area contributed by atoms with Gasteiger partial charge in [-0.1, -0.05) is 12.1 Å². The zero-order valence-electron chi connectivity index (χ0n) is 11.3. The highest BCUT2D eigenvalue weighted by molar-refractivity contribution is 5.75. The van der Waals surface area contributed by atoms with Crippen molar-refractivity contribution in [2.75, 3.05) is 13.1 Å². The summed E-state index contributed by atoms with van der Waals surface area (Å²) in [6.07, 6.45) is 1.70. The lowest BCUT2D eigenvalue weighted by Gasteiger charge is -2.18. The number of urea groups is 1. The summed E-state index contributed by atoms with van der Waals surface area (Å²) in [6, 6.07) is 7.62. The molecule has 19 heavy (non-hydrogen) atoms. The van der Waals surface area contributed by atoms with Crippen molar-refractivity contribution >= 4 is 17.1 Å². The van der Waals surface area contributed by atoms with Crippen LogP contribution in [0, 0.1) is 0 Å². The van der Waals surface area contributed by atoms with Crippen LogP contribution < -0.4 is 5.32 Å². The Morgan fingerprint density at radius 3 is 2.58 bits per heavy atom. The molecule has 0 fully saturated rings. The number of nitrogens with zero attached hydrogens (tertiary/aromatic N) is 3. The molecule has 2 amide bonds. The van der Waals surface area contributed by atoms with Crippen molar-refractivity contribution in [3.63, 3.8) is 0 Å². The van der Waals surface area contributed by atoms with Gasteiger partial charge in [0.1, 0.15) is 0 Å². The zero-order chi connectivity index (χ0) is 13.7. The molecule has 0 aliphatic rings. The van der Waals surface area contributed by atoms with Gasteiger partial charge in [-0.2, -0.15) is 0 Å². The maximum absolute atomic E-state index is 11.8. The average molecular weight is 258 g/mol. The van der Waals surface area contributed by atoms with E-state index in [9.17, 15) is 4.79 Å². The number of carbonyl (C=O) groups excluding carboxylic acids is 1. The van der Waals surface area contributed by atoms with Gasteiger partial charge in [0.05, 0.1) is 29.5 Å². The number of fused-ring (bicyclic) bond motifs is 1. The predicted molar refractivity (Wildman–Crippen MR) is 74.7 cm³/mol. The van der Waals surface area contributed by atoms with Crippen LogP contribution in [0.25, 0.3) is 11.0 Å². The van der Waals surface area contributed by atoms with Crippen molar-refractivity contribution in [1.29, 1.82) is 0 Å². The number of aromatic nitrogens is 2. The van der Waals surface area contributed by atoms with Gasteiger partial charge >= 0.3 is 6.03 Å². The second-order valence-electron chi connectivity index (χ2n) is 4.18. The topological polar surface area (TPSA) is 58.1 Å². The van der Waals surface area contributed by atoms with Crippen LogP contribution >= 0.6 is 0 Å². The quantitative estimate of drug-likeness (QED) is 0.914. The Morgan fingerprint density at radius 1 is 1.21 bits per heavy atom. The number of hydrogen-bond donors (Lipinski definition) is 1. The molecule has 0 bridgehead atoms. The molecule has 5 nitrogen and oxygen atoms in total. The maximum Gasteiger partial charge on any atom is 0.317 e. The van der Waals surface area contributed by atoms with Crippen LogP contribution in [-0.2, 0) is 6.54 Å². The van der Waals surface area contributed by atoms with Gasteiger partial charge in [-0.15, -0.1) is 0 Å². The molecule has 1 aromatic carbocycles. The molecule has 100 valence electrons. The smallest absolute Gasteiger partial charge is 0.317 e. The van der Waals surface area contributed by atoms with Gasteiger partial charge in [0.2, 0.25) is 0 Å². The minimum atomic E-state index is -0.0695. The summed E-state index contributed by atoms with van der Waals surface area (Å²) >= 11 is 0. The largest absolute Gasteiger partial charge is 0.332 e. The Kier molecular flexibility index (Phi) is 4.28. The van der Waals surface area contributed by atoms with E-state index in [0.717, 1.165) is 16.7 Å². The first-order chi connectivity index (χ1) is 9.24. The van der Waals surface area contributed by atoms with Crippen molar-refractivity contribution < 1.29 is 4.79 Å². The molecule has 1 heterocycles. The van der Waals surface area contributed by atoms with E-state index >= 15 is 0 Å². The molecule has 0 saturated heterocycles. The first-order valence-electron chi connectivity index (χ1n) is 6.48. The lowest BCUT2D eigenvalue weighted by atomic mass is 10.3. The van der Waals surface area contributed by atoms with Crippen molar-refractivity contribution in [1.82, 2.24) is 20.2 Å². The lowest BCUT2D eigenvalue weighted by molar-refractivity contribution is 0.202. The number of hydrogen-bond acceptors (Lipinski definition) is 3. The van der Waals surface area contributed by atoms with Gasteiger partial charge in [0.15, 0.2) is 0 Å². The first kappa shape index (κ1) is 13.3. The van der Waals surface area contributed by atoms with Gasteiger partial charge in [-0.3, -0.25) is 4.98 Å². The first-order valence-corrected chi connectivity index (χ1v) is 6.48. The van der Waals surface area contributed by atoms with Crippen LogP contribution in [-0.4, -0.2) is 34.0 Å². The van der Waals surface area contributed by atoms with E-state index in [0.29, 0.717) is 19.6 Å². The Hall–Kier alpha value is -2.17. The van der Waals surface area contributed by atoms with Gasteiger partial charge in [0.25, 0.3) is 0 Å². The molecule has 0 unspecified atom stereocenters. The highest BCUT2D eigenvalue weighted by Crippen LogP contribution is 2.08. The lowest BCUT2D eigenvalue weighted by Crippen LogP contribution is -2.39. The SMILES string of the molecule is CCN(CC)C(=O)NCc1cnc2ccccc2n1. The van der Waals surface area contributed by atoms with Gasteiger partial charge in [-0.25, -0.2) is 9.78 Å². The monoisotopic (exact) mass is 258 g/mol. The second kappa shape index (κ2) is 6.13. The summed E-state index contributed by atoms with van der Waals surface area (Å²) < 4.78 is 0. The van der Waals surface area contributed by atoms with Crippen molar-refractivity contribution in [2.24, 2.45) is 0 Å². The normalized spacial score (nSPS) is 10.4. The van der Waals surface area contributed by atoms with Crippen LogP contribution in [0.2, 0.25) is 0 Å². The van der Waals surface area contributed by atoms with E-state index in [4.69, 9.17) is 0 Å². The molecular formula is C14H18N4O. The predicted octanol–water partition coefficient (Wildman–Crippen LogP) is 2.18. The fourth-order valence-electron chi connectivity index (χ4n) is 1.87. The third-order valence-corrected chi connectivity index (χ3v) is 2.97. The average Bonchev–Trinajstić information content (AvgIpc) is 2.46. The molecule has 2 rings (SSSR count). The zero-order valence-corrected chi connectivity index (χ0v) is 11.3. The van der Waals surface area contributed by atoms with E-state index in [2.05, 4.69) is 15.3 Å². The molecule has 1 N–H and O–H groups in total. The van der Waals surface area contributed by atoms with Gasteiger partial charge in [-0.05, 0) is 26.0 Å².